The third-order valence-electron chi connectivity index (χ3n) is 3.81. The molecule has 0 aliphatic heterocycles. The van der Waals surface area contributed by atoms with Gasteiger partial charge in [-0.15, -0.1) is 0 Å². The maximum Gasteiger partial charge on any atom is 0.165 e. The molecule has 0 bridgehead atoms. The average molecular weight is 296 g/mol. The smallest absolute Gasteiger partial charge is 0.165 e. The van der Waals surface area contributed by atoms with Crippen molar-refractivity contribution in [2.75, 3.05) is 0 Å². The summed E-state index contributed by atoms with van der Waals surface area (Å²) in [5.41, 5.74) is 1.87. The van der Waals surface area contributed by atoms with Crippen LogP contribution in [-0.2, 0) is 6.61 Å². The van der Waals surface area contributed by atoms with Gasteiger partial charge in [-0.3, -0.25) is 4.79 Å². The maximum absolute atomic E-state index is 12.4. The Morgan fingerprint density at radius 2 is 1.86 bits per heavy atom. The van der Waals surface area contributed by atoms with Crippen LogP contribution in [0.15, 0.2) is 54.6 Å². The van der Waals surface area contributed by atoms with E-state index in [2.05, 4.69) is 6.92 Å². The largest absolute Gasteiger partial charge is 0.489 e. The maximum atomic E-state index is 12.4. The van der Waals surface area contributed by atoms with Gasteiger partial charge in [0.25, 0.3) is 0 Å². The van der Waals surface area contributed by atoms with Gasteiger partial charge in [0.15, 0.2) is 5.78 Å². The van der Waals surface area contributed by atoms with Crippen LogP contribution in [0.3, 0.4) is 0 Å². The number of rotatable bonds is 8. The first-order valence-electron chi connectivity index (χ1n) is 8.01. The number of unbranched alkanes of at least 4 members (excludes halogenated alkanes) is 1. The van der Waals surface area contributed by atoms with Crippen molar-refractivity contribution in [1.29, 1.82) is 0 Å². The second kappa shape index (κ2) is 8.38. The molecule has 0 aliphatic rings. The summed E-state index contributed by atoms with van der Waals surface area (Å²) in [4.78, 5) is 12.4. The molecular formula is C20H24O2. The standard InChI is InChI=1S/C20H24O2/c1-3-4-9-16(2)20(21)18-12-8-13-19(14-18)22-15-17-10-6-5-7-11-17/h5-8,10-14,16H,3-4,9,15H2,1-2H3/t16-/m0/s1. The fourth-order valence-corrected chi connectivity index (χ4v) is 2.41. The van der Waals surface area contributed by atoms with Crippen LogP contribution in [0.5, 0.6) is 5.75 Å². The Morgan fingerprint density at radius 1 is 1.09 bits per heavy atom. The zero-order chi connectivity index (χ0) is 15.8. The molecule has 0 unspecified atom stereocenters. The Morgan fingerprint density at radius 3 is 2.59 bits per heavy atom. The molecular weight excluding hydrogens is 272 g/mol. The van der Waals surface area contributed by atoms with Crippen LogP contribution in [0.25, 0.3) is 0 Å². The van der Waals surface area contributed by atoms with E-state index in [0.29, 0.717) is 6.61 Å². The summed E-state index contributed by atoms with van der Waals surface area (Å²) in [5.74, 6) is 1.03. The number of ketones is 1. The molecule has 2 heteroatoms. The van der Waals surface area contributed by atoms with Crippen LogP contribution in [0, 0.1) is 5.92 Å². The van der Waals surface area contributed by atoms with Crippen LogP contribution in [-0.4, -0.2) is 5.78 Å². The van der Waals surface area contributed by atoms with Crippen molar-refractivity contribution in [3.05, 3.63) is 65.7 Å². The lowest BCUT2D eigenvalue weighted by atomic mass is 9.94. The molecule has 116 valence electrons. The third kappa shape index (κ3) is 4.73. The van der Waals surface area contributed by atoms with Gasteiger partial charge < -0.3 is 4.74 Å². The number of Topliss-reactive ketones (excluding diaryl/α,β-unsaturated/α-hetero) is 1. The molecule has 2 nitrogen and oxygen atoms in total. The minimum Gasteiger partial charge on any atom is -0.489 e. The molecule has 2 aromatic rings. The summed E-state index contributed by atoms with van der Waals surface area (Å²) in [6.07, 6.45) is 3.17. The molecule has 0 fully saturated rings. The van der Waals surface area contributed by atoms with Crippen molar-refractivity contribution in [3.63, 3.8) is 0 Å². The molecule has 0 heterocycles. The Bertz CT molecular complexity index is 590. The normalized spacial score (nSPS) is 11.9. The highest BCUT2D eigenvalue weighted by molar-refractivity contribution is 5.97. The molecule has 0 saturated carbocycles. The first-order valence-corrected chi connectivity index (χ1v) is 8.01. The van der Waals surface area contributed by atoms with Crippen LogP contribution in [0.2, 0.25) is 0 Å². The van der Waals surface area contributed by atoms with E-state index in [0.717, 1.165) is 36.1 Å². The molecule has 0 radical (unpaired) electrons. The van der Waals surface area contributed by atoms with Gasteiger partial charge >= 0.3 is 0 Å². The minimum atomic E-state index is 0.0734. The average Bonchev–Trinajstić information content (AvgIpc) is 2.58. The Labute approximate surface area is 133 Å². The second-order valence-corrected chi connectivity index (χ2v) is 5.71. The molecule has 2 rings (SSSR count). The summed E-state index contributed by atoms with van der Waals surface area (Å²) in [6.45, 7) is 4.68. The van der Waals surface area contributed by atoms with E-state index in [1.165, 1.54) is 0 Å². The Balaban J connectivity index is 1.98. The topological polar surface area (TPSA) is 26.3 Å². The Hall–Kier alpha value is -2.09. The second-order valence-electron chi connectivity index (χ2n) is 5.71. The highest BCUT2D eigenvalue weighted by Gasteiger charge is 2.15. The van der Waals surface area contributed by atoms with E-state index in [1.54, 1.807) is 0 Å². The highest BCUT2D eigenvalue weighted by Crippen LogP contribution is 2.20. The molecule has 0 amide bonds. The number of hydrogen-bond donors (Lipinski definition) is 0. The molecule has 0 spiro atoms. The van der Waals surface area contributed by atoms with Gasteiger partial charge in [0.2, 0.25) is 0 Å². The molecule has 0 N–H and O–H groups in total. The number of carbonyl (C=O) groups excluding carboxylic acids is 1. The van der Waals surface area contributed by atoms with Crippen molar-refractivity contribution in [3.8, 4) is 5.75 Å². The van der Waals surface area contributed by atoms with E-state index >= 15 is 0 Å². The van der Waals surface area contributed by atoms with Crippen LogP contribution >= 0.6 is 0 Å². The molecule has 2 aromatic carbocycles. The lowest BCUT2D eigenvalue weighted by Crippen LogP contribution is -2.11. The molecule has 1 atom stereocenters. The zero-order valence-corrected chi connectivity index (χ0v) is 13.4. The molecule has 0 saturated heterocycles. The van der Waals surface area contributed by atoms with Crippen molar-refractivity contribution >= 4 is 5.78 Å². The van der Waals surface area contributed by atoms with Gasteiger partial charge in [0, 0.05) is 11.5 Å². The highest BCUT2D eigenvalue weighted by atomic mass is 16.5. The third-order valence-corrected chi connectivity index (χ3v) is 3.81. The fraction of sp³-hybridized carbons (Fsp3) is 0.350. The molecule has 22 heavy (non-hydrogen) atoms. The van der Waals surface area contributed by atoms with Gasteiger partial charge in [-0.05, 0) is 24.1 Å². The van der Waals surface area contributed by atoms with E-state index < -0.39 is 0 Å². The molecule has 0 aromatic heterocycles. The first kappa shape index (κ1) is 16.3. The summed E-state index contributed by atoms with van der Waals surface area (Å²) in [7, 11) is 0. The summed E-state index contributed by atoms with van der Waals surface area (Å²) in [5, 5.41) is 0. The van der Waals surface area contributed by atoms with Crippen molar-refractivity contribution in [2.24, 2.45) is 5.92 Å². The number of carbonyl (C=O) groups is 1. The van der Waals surface area contributed by atoms with Gasteiger partial charge in [-0.25, -0.2) is 0 Å². The van der Waals surface area contributed by atoms with Gasteiger partial charge in [-0.2, -0.15) is 0 Å². The summed E-state index contributed by atoms with van der Waals surface area (Å²) in [6, 6.07) is 17.6. The van der Waals surface area contributed by atoms with Crippen molar-refractivity contribution in [2.45, 2.75) is 39.7 Å². The Kier molecular flexibility index (Phi) is 6.20. The van der Waals surface area contributed by atoms with E-state index in [4.69, 9.17) is 4.74 Å². The number of ether oxygens (including phenoxy) is 1. The van der Waals surface area contributed by atoms with E-state index in [9.17, 15) is 4.79 Å². The van der Waals surface area contributed by atoms with E-state index in [1.807, 2.05) is 61.5 Å². The van der Waals surface area contributed by atoms with Gasteiger partial charge in [-0.1, -0.05) is 69.2 Å². The van der Waals surface area contributed by atoms with Crippen LogP contribution in [0.1, 0.15) is 49.0 Å². The predicted octanol–water partition coefficient (Wildman–Crippen LogP) is 5.27. The van der Waals surface area contributed by atoms with E-state index in [-0.39, 0.29) is 11.7 Å². The molecule has 0 aliphatic carbocycles. The van der Waals surface area contributed by atoms with Crippen LogP contribution < -0.4 is 4.74 Å². The SMILES string of the molecule is CCCC[C@H](C)C(=O)c1cccc(OCc2ccccc2)c1. The van der Waals surface area contributed by atoms with Gasteiger partial charge in [0.1, 0.15) is 12.4 Å². The first-order chi connectivity index (χ1) is 10.7. The lowest BCUT2D eigenvalue weighted by Gasteiger charge is -2.11. The lowest BCUT2D eigenvalue weighted by molar-refractivity contribution is 0.0922. The van der Waals surface area contributed by atoms with Crippen molar-refractivity contribution in [1.82, 2.24) is 0 Å². The summed E-state index contributed by atoms with van der Waals surface area (Å²) < 4.78 is 5.79. The predicted molar refractivity (Wildman–Crippen MR) is 90.2 cm³/mol. The zero-order valence-electron chi connectivity index (χ0n) is 13.4. The van der Waals surface area contributed by atoms with Gasteiger partial charge in [0.05, 0.1) is 0 Å². The monoisotopic (exact) mass is 296 g/mol. The van der Waals surface area contributed by atoms with Crippen molar-refractivity contribution < 1.29 is 9.53 Å². The quantitative estimate of drug-likeness (QED) is 0.620. The fourth-order valence-electron chi connectivity index (χ4n) is 2.41. The number of hydrogen-bond acceptors (Lipinski definition) is 2. The van der Waals surface area contributed by atoms with Crippen LogP contribution in [0.4, 0.5) is 0 Å². The minimum absolute atomic E-state index is 0.0734. The number of benzene rings is 2. The summed E-state index contributed by atoms with van der Waals surface area (Å²) >= 11 is 0.